The van der Waals surface area contributed by atoms with Gasteiger partial charge in [-0.3, -0.25) is 0 Å². The van der Waals surface area contributed by atoms with E-state index in [-0.39, 0.29) is 11.6 Å². The van der Waals surface area contributed by atoms with Crippen molar-refractivity contribution in [2.45, 2.75) is 57.8 Å². The van der Waals surface area contributed by atoms with E-state index in [1.807, 2.05) is 0 Å². The van der Waals surface area contributed by atoms with Crippen LogP contribution in [0.15, 0.2) is 53.9 Å². The molecule has 1 fully saturated rings. The van der Waals surface area contributed by atoms with E-state index >= 15 is 0 Å². The van der Waals surface area contributed by atoms with Gasteiger partial charge >= 0.3 is 0 Å². The van der Waals surface area contributed by atoms with Gasteiger partial charge in [-0.25, -0.2) is 0 Å². The summed E-state index contributed by atoms with van der Waals surface area (Å²) < 4.78 is 6.21. The molecule has 0 saturated heterocycles. The molecule has 3 aromatic rings. The Hall–Kier alpha value is -1.72. The van der Waals surface area contributed by atoms with Crippen molar-refractivity contribution in [3.8, 4) is 0 Å². The van der Waals surface area contributed by atoms with Gasteiger partial charge in [0, 0.05) is 17.0 Å². The predicted octanol–water partition coefficient (Wildman–Crippen LogP) is 5.65. The van der Waals surface area contributed by atoms with Gasteiger partial charge in [-0.1, -0.05) is 42.5 Å². The van der Waals surface area contributed by atoms with Crippen molar-refractivity contribution < 1.29 is 9.84 Å². The lowest BCUT2D eigenvalue weighted by Crippen LogP contribution is -2.46. The molecule has 1 saturated carbocycles. The first kappa shape index (κ1) is 21.5. The van der Waals surface area contributed by atoms with Gasteiger partial charge in [-0.15, -0.1) is 11.3 Å². The molecule has 160 valence electrons. The zero-order chi connectivity index (χ0) is 21.1. The molecule has 4 heteroatoms. The van der Waals surface area contributed by atoms with Crippen molar-refractivity contribution in [1.29, 1.82) is 0 Å². The molecule has 0 aliphatic heterocycles. The maximum atomic E-state index is 10.6. The minimum Gasteiger partial charge on any atom is -0.389 e. The van der Waals surface area contributed by atoms with Crippen LogP contribution in [0.3, 0.4) is 0 Å². The first-order valence-corrected chi connectivity index (χ1v) is 11.9. The van der Waals surface area contributed by atoms with Gasteiger partial charge in [0.15, 0.2) is 0 Å². The molecule has 3 nitrogen and oxygen atoms in total. The average molecular weight is 424 g/mol. The number of nitrogens with one attached hydrogen (secondary N) is 1. The number of hydrogen-bond acceptors (Lipinski definition) is 4. The highest BCUT2D eigenvalue weighted by Gasteiger charge is 2.35. The van der Waals surface area contributed by atoms with E-state index in [2.05, 4.69) is 80.0 Å². The summed E-state index contributed by atoms with van der Waals surface area (Å²) in [6, 6.07) is 17.3. The van der Waals surface area contributed by atoms with Crippen LogP contribution in [0.5, 0.6) is 0 Å². The fourth-order valence-electron chi connectivity index (χ4n) is 4.09. The largest absolute Gasteiger partial charge is 0.389 e. The highest BCUT2D eigenvalue weighted by molar-refractivity contribution is 7.10. The number of aliphatic hydroxyl groups is 1. The maximum absolute atomic E-state index is 10.6. The molecule has 2 aromatic carbocycles. The van der Waals surface area contributed by atoms with Crippen molar-refractivity contribution in [3.05, 3.63) is 69.9 Å². The first-order chi connectivity index (χ1) is 14.4. The first-order valence-electron chi connectivity index (χ1n) is 11.0. The summed E-state index contributed by atoms with van der Waals surface area (Å²) in [5.41, 5.74) is 2.50. The molecule has 1 unspecified atom stereocenters. The van der Waals surface area contributed by atoms with E-state index in [0.29, 0.717) is 19.1 Å². The second-order valence-corrected chi connectivity index (χ2v) is 10.3. The minimum absolute atomic E-state index is 0.107. The molecule has 4 rings (SSSR count). The summed E-state index contributed by atoms with van der Waals surface area (Å²) >= 11 is 1.77. The van der Waals surface area contributed by atoms with Crippen LogP contribution in [0.2, 0.25) is 0 Å². The summed E-state index contributed by atoms with van der Waals surface area (Å²) in [7, 11) is 0. The summed E-state index contributed by atoms with van der Waals surface area (Å²) in [6.45, 7) is 7.44. The number of thiophene rings is 1. The molecule has 1 aromatic heterocycles. The second-order valence-electron chi connectivity index (χ2n) is 9.34. The SMILES string of the molecule is Cc1ccsc1C(OC[C@H](O)CNC(C)(C)Cc1ccc2ccccc2c1)C1CC1. The molecule has 1 heterocycles. The Bertz CT molecular complexity index is 976. The quantitative estimate of drug-likeness (QED) is 0.443. The Morgan fingerprint density at radius 1 is 1.13 bits per heavy atom. The van der Waals surface area contributed by atoms with Crippen molar-refractivity contribution in [1.82, 2.24) is 5.32 Å². The average Bonchev–Trinajstić information content (AvgIpc) is 3.47. The fraction of sp³-hybridized carbons (Fsp3) is 0.462. The molecule has 2 N–H and O–H groups in total. The highest BCUT2D eigenvalue weighted by Crippen LogP contribution is 2.45. The number of aryl methyl sites for hydroxylation is 1. The Labute approximate surface area is 184 Å². The molecular weight excluding hydrogens is 390 g/mol. The van der Waals surface area contributed by atoms with Crippen molar-refractivity contribution in [2.24, 2.45) is 5.92 Å². The zero-order valence-electron chi connectivity index (χ0n) is 18.2. The van der Waals surface area contributed by atoms with Gasteiger partial charge in [0.05, 0.1) is 18.8 Å². The van der Waals surface area contributed by atoms with Crippen molar-refractivity contribution in [2.75, 3.05) is 13.2 Å². The van der Waals surface area contributed by atoms with Gasteiger partial charge < -0.3 is 15.2 Å². The molecule has 2 atom stereocenters. The molecule has 0 amide bonds. The molecule has 0 bridgehead atoms. The van der Waals surface area contributed by atoms with Gasteiger partial charge in [0.2, 0.25) is 0 Å². The Morgan fingerprint density at radius 2 is 1.90 bits per heavy atom. The molecule has 0 spiro atoms. The standard InChI is InChI=1S/C26H33NO2S/c1-18-12-13-30-25(18)24(21-10-11-21)29-17-23(28)16-27-26(2,3)15-19-8-9-20-6-4-5-7-22(20)14-19/h4-9,12-14,21,23-24,27-28H,10-11,15-17H2,1-3H3/t23-,24?/m1/s1. The lowest BCUT2D eigenvalue weighted by atomic mass is 9.93. The summed E-state index contributed by atoms with van der Waals surface area (Å²) in [4.78, 5) is 1.33. The lowest BCUT2D eigenvalue weighted by molar-refractivity contribution is -0.0198. The highest BCUT2D eigenvalue weighted by atomic mass is 32.1. The van der Waals surface area contributed by atoms with E-state index < -0.39 is 6.10 Å². The van der Waals surface area contributed by atoms with Crippen LogP contribution in [-0.2, 0) is 11.2 Å². The third-order valence-electron chi connectivity index (χ3n) is 5.95. The number of aliphatic hydroxyl groups excluding tert-OH is 1. The maximum Gasteiger partial charge on any atom is 0.0948 e. The van der Waals surface area contributed by atoms with Gasteiger partial charge in [-0.05, 0) is 79.3 Å². The Balaban J connectivity index is 1.28. The number of benzene rings is 2. The van der Waals surface area contributed by atoms with E-state index in [1.54, 1.807) is 11.3 Å². The van der Waals surface area contributed by atoms with Crippen LogP contribution in [0.25, 0.3) is 10.8 Å². The van der Waals surface area contributed by atoms with Crippen LogP contribution in [0.4, 0.5) is 0 Å². The fourth-order valence-corrected chi connectivity index (χ4v) is 5.16. The van der Waals surface area contributed by atoms with E-state index in [9.17, 15) is 5.11 Å². The number of fused-ring (bicyclic) bond motifs is 1. The summed E-state index contributed by atoms with van der Waals surface area (Å²) in [5, 5.41) is 18.8. The van der Waals surface area contributed by atoms with Crippen LogP contribution in [-0.4, -0.2) is 29.9 Å². The van der Waals surface area contributed by atoms with Crippen LogP contribution >= 0.6 is 11.3 Å². The molecule has 0 radical (unpaired) electrons. The van der Waals surface area contributed by atoms with Crippen molar-refractivity contribution in [3.63, 3.8) is 0 Å². The van der Waals surface area contributed by atoms with Crippen LogP contribution in [0, 0.1) is 12.8 Å². The van der Waals surface area contributed by atoms with Crippen LogP contribution in [0.1, 0.15) is 48.8 Å². The Kier molecular flexibility index (Phi) is 6.59. The van der Waals surface area contributed by atoms with Crippen molar-refractivity contribution >= 4 is 22.1 Å². The number of β-amino-alcohol motifs (C(OH)–C–C–N with tert-alkyl or cyclic N) is 1. The topological polar surface area (TPSA) is 41.5 Å². The van der Waals surface area contributed by atoms with E-state index in [1.165, 1.54) is 39.6 Å². The molecular formula is C26H33NO2S. The molecule has 30 heavy (non-hydrogen) atoms. The number of ether oxygens (including phenoxy) is 1. The monoisotopic (exact) mass is 423 g/mol. The smallest absolute Gasteiger partial charge is 0.0948 e. The number of hydrogen-bond donors (Lipinski definition) is 2. The van der Waals surface area contributed by atoms with Gasteiger partial charge in [-0.2, -0.15) is 0 Å². The van der Waals surface area contributed by atoms with Gasteiger partial charge in [0.25, 0.3) is 0 Å². The van der Waals surface area contributed by atoms with E-state index in [4.69, 9.17) is 4.74 Å². The van der Waals surface area contributed by atoms with E-state index in [0.717, 1.165) is 6.42 Å². The molecule has 1 aliphatic carbocycles. The minimum atomic E-state index is -0.512. The van der Waals surface area contributed by atoms with Gasteiger partial charge in [0.1, 0.15) is 0 Å². The molecule has 1 aliphatic rings. The Morgan fingerprint density at radius 3 is 2.60 bits per heavy atom. The summed E-state index contributed by atoms with van der Waals surface area (Å²) in [5.74, 6) is 0.617. The summed E-state index contributed by atoms with van der Waals surface area (Å²) in [6.07, 6.45) is 3.00. The second kappa shape index (κ2) is 9.19. The lowest BCUT2D eigenvalue weighted by Gasteiger charge is -2.28. The zero-order valence-corrected chi connectivity index (χ0v) is 19.0. The normalized spacial score (nSPS) is 16.7. The number of rotatable bonds is 10. The van der Waals surface area contributed by atoms with Crippen LogP contribution < -0.4 is 5.32 Å². The third kappa shape index (κ3) is 5.50. The predicted molar refractivity (Wildman–Crippen MR) is 126 cm³/mol. The third-order valence-corrected chi connectivity index (χ3v) is 7.04.